The molecule has 106 valence electrons. The Balaban J connectivity index is 1.68. The van der Waals surface area contributed by atoms with Crippen LogP contribution in [0.3, 0.4) is 0 Å². The Bertz CT molecular complexity index is 744. The molecule has 1 amide bonds. The zero-order valence-corrected chi connectivity index (χ0v) is 11.1. The normalized spacial score (nSPS) is 15.2. The van der Waals surface area contributed by atoms with Gasteiger partial charge in [-0.2, -0.15) is 0 Å². The van der Waals surface area contributed by atoms with Gasteiger partial charge in [-0.25, -0.2) is 4.39 Å². The van der Waals surface area contributed by atoms with Crippen molar-refractivity contribution in [1.82, 2.24) is 0 Å². The largest absolute Gasteiger partial charge is 0.454 e. The molecular formula is C16H12FNO3. The molecule has 21 heavy (non-hydrogen) atoms. The summed E-state index contributed by atoms with van der Waals surface area (Å²) in [6, 6.07) is 9.66. The number of halogens is 1. The molecule has 4 nitrogen and oxygen atoms in total. The number of hydrogen-bond acceptors (Lipinski definition) is 3. The van der Waals surface area contributed by atoms with Gasteiger partial charge >= 0.3 is 0 Å². The summed E-state index contributed by atoms with van der Waals surface area (Å²) in [6.07, 6.45) is 0.670. The minimum absolute atomic E-state index is 0.112. The molecule has 2 aromatic carbocycles. The van der Waals surface area contributed by atoms with E-state index < -0.39 is 0 Å². The molecule has 5 heteroatoms. The average molecular weight is 285 g/mol. The summed E-state index contributed by atoms with van der Waals surface area (Å²) in [4.78, 5) is 14.3. The number of anilines is 1. The molecule has 4 rings (SSSR count). The molecule has 0 saturated heterocycles. The second kappa shape index (κ2) is 4.48. The van der Waals surface area contributed by atoms with Crippen LogP contribution in [-0.2, 0) is 6.42 Å². The molecular weight excluding hydrogens is 273 g/mol. The molecule has 2 aliphatic rings. The molecule has 0 aliphatic carbocycles. The van der Waals surface area contributed by atoms with Crippen molar-refractivity contribution in [2.45, 2.75) is 6.42 Å². The maximum atomic E-state index is 13.2. The minimum Gasteiger partial charge on any atom is -0.454 e. The fourth-order valence-electron chi connectivity index (χ4n) is 2.77. The van der Waals surface area contributed by atoms with E-state index in [1.807, 2.05) is 0 Å². The van der Waals surface area contributed by atoms with E-state index in [1.165, 1.54) is 12.1 Å². The van der Waals surface area contributed by atoms with Gasteiger partial charge in [0, 0.05) is 17.8 Å². The van der Waals surface area contributed by atoms with E-state index in [2.05, 4.69) is 0 Å². The zero-order chi connectivity index (χ0) is 14.4. The van der Waals surface area contributed by atoms with Crippen LogP contribution in [0.5, 0.6) is 11.5 Å². The van der Waals surface area contributed by atoms with Crippen molar-refractivity contribution < 1.29 is 18.7 Å². The number of fused-ring (bicyclic) bond motifs is 2. The van der Waals surface area contributed by atoms with E-state index in [0.29, 0.717) is 30.0 Å². The van der Waals surface area contributed by atoms with Gasteiger partial charge in [0.05, 0.1) is 0 Å². The number of ether oxygens (including phenoxy) is 2. The molecule has 0 bridgehead atoms. The fraction of sp³-hybridized carbons (Fsp3) is 0.188. The van der Waals surface area contributed by atoms with Crippen molar-refractivity contribution in [3.8, 4) is 11.5 Å². The summed E-state index contributed by atoms with van der Waals surface area (Å²) in [6.45, 7) is 0.741. The van der Waals surface area contributed by atoms with Gasteiger partial charge in [0.2, 0.25) is 6.79 Å². The van der Waals surface area contributed by atoms with Gasteiger partial charge in [0.1, 0.15) is 5.82 Å². The van der Waals surface area contributed by atoms with Crippen LogP contribution in [0.15, 0.2) is 36.4 Å². The van der Waals surface area contributed by atoms with Crippen molar-refractivity contribution in [2.24, 2.45) is 0 Å². The first-order valence-electron chi connectivity index (χ1n) is 6.72. The SMILES string of the molecule is O=C(c1ccc2c(c1)OCO2)N1CCc2cc(F)ccc21. The third-order valence-corrected chi connectivity index (χ3v) is 3.80. The lowest BCUT2D eigenvalue weighted by Gasteiger charge is -2.17. The highest BCUT2D eigenvalue weighted by Gasteiger charge is 2.27. The predicted molar refractivity (Wildman–Crippen MR) is 74.3 cm³/mol. The molecule has 0 unspecified atom stereocenters. The number of hydrogen-bond donors (Lipinski definition) is 0. The van der Waals surface area contributed by atoms with Crippen LogP contribution in [0.4, 0.5) is 10.1 Å². The lowest BCUT2D eigenvalue weighted by Crippen LogP contribution is -2.28. The van der Waals surface area contributed by atoms with Gasteiger partial charge in [-0.05, 0) is 48.4 Å². The van der Waals surface area contributed by atoms with Crippen molar-refractivity contribution in [3.63, 3.8) is 0 Å². The lowest BCUT2D eigenvalue weighted by atomic mass is 10.1. The summed E-state index contributed by atoms with van der Waals surface area (Å²) >= 11 is 0. The van der Waals surface area contributed by atoms with Crippen LogP contribution in [0, 0.1) is 5.82 Å². The highest BCUT2D eigenvalue weighted by atomic mass is 19.1. The van der Waals surface area contributed by atoms with Gasteiger partial charge in [0.15, 0.2) is 11.5 Å². The van der Waals surface area contributed by atoms with Gasteiger partial charge in [-0.15, -0.1) is 0 Å². The summed E-state index contributed by atoms with van der Waals surface area (Å²) < 4.78 is 23.8. The number of carbonyl (C=O) groups is 1. The Kier molecular flexibility index (Phi) is 2.60. The Morgan fingerprint density at radius 1 is 1.10 bits per heavy atom. The molecule has 0 saturated carbocycles. The van der Waals surface area contributed by atoms with Crippen molar-refractivity contribution >= 4 is 11.6 Å². The van der Waals surface area contributed by atoms with Gasteiger partial charge in [0.25, 0.3) is 5.91 Å². The maximum absolute atomic E-state index is 13.2. The Labute approximate surface area is 120 Å². The Morgan fingerprint density at radius 2 is 1.95 bits per heavy atom. The smallest absolute Gasteiger partial charge is 0.258 e. The molecule has 0 spiro atoms. The average Bonchev–Trinajstić information content (AvgIpc) is 3.11. The van der Waals surface area contributed by atoms with E-state index in [0.717, 1.165) is 11.3 Å². The predicted octanol–water partition coefficient (Wildman–Crippen LogP) is 2.76. The quantitative estimate of drug-likeness (QED) is 0.808. The first-order chi connectivity index (χ1) is 10.2. The standard InChI is InChI=1S/C16H12FNO3/c17-12-2-3-13-10(7-12)5-6-18(13)16(19)11-1-4-14-15(8-11)21-9-20-14/h1-4,7-8H,5-6,9H2. The van der Waals surface area contributed by atoms with E-state index in [1.54, 1.807) is 29.2 Å². The molecule has 0 aromatic heterocycles. The number of nitrogens with zero attached hydrogens (tertiary/aromatic N) is 1. The lowest BCUT2D eigenvalue weighted by molar-refractivity contribution is 0.0989. The van der Waals surface area contributed by atoms with Gasteiger partial charge in [-0.3, -0.25) is 4.79 Å². The van der Waals surface area contributed by atoms with Crippen LogP contribution in [0.2, 0.25) is 0 Å². The summed E-state index contributed by atoms with van der Waals surface area (Å²) in [5, 5.41) is 0. The molecule has 2 heterocycles. The number of rotatable bonds is 1. The second-order valence-corrected chi connectivity index (χ2v) is 5.05. The maximum Gasteiger partial charge on any atom is 0.258 e. The van der Waals surface area contributed by atoms with Crippen molar-refractivity contribution in [2.75, 3.05) is 18.2 Å². The van der Waals surface area contributed by atoms with Crippen LogP contribution in [0.1, 0.15) is 15.9 Å². The highest BCUT2D eigenvalue weighted by Crippen LogP contribution is 2.34. The van der Waals surface area contributed by atoms with Crippen molar-refractivity contribution in [3.05, 3.63) is 53.3 Å². The third-order valence-electron chi connectivity index (χ3n) is 3.80. The summed E-state index contributed by atoms with van der Waals surface area (Å²) in [7, 11) is 0. The van der Waals surface area contributed by atoms with E-state index >= 15 is 0 Å². The fourth-order valence-corrected chi connectivity index (χ4v) is 2.77. The molecule has 0 atom stereocenters. The van der Waals surface area contributed by atoms with Gasteiger partial charge < -0.3 is 14.4 Å². The first kappa shape index (κ1) is 12.2. The molecule has 0 fully saturated rings. The van der Waals surface area contributed by atoms with Crippen LogP contribution in [0.25, 0.3) is 0 Å². The van der Waals surface area contributed by atoms with Crippen molar-refractivity contribution in [1.29, 1.82) is 0 Å². The first-order valence-corrected chi connectivity index (χ1v) is 6.72. The van der Waals surface area contributed by atoms with Crippen LogP contribution in [-0.4, -0.2) is 19.2 Å². The summed E-state index contributed by atoms with van der Waals surface area (Å²) in [5.74, 6) is 0.847. The Morgan fingerprint density at radius 3 is 2.86 bits per heavy atom. The molecule has 0 N–H and O–H groups in total. The number of amides is 1. The second-order valence-electron chi connectivity index (χ2n) is 5.05. The van der Waals surface area contributed by atoms with E-state index in [-0.39, 0.29) is 18.5 Å². The molecule has 0 radical (unpaired) electrons. The summed E-state index contributed by atoms with van der Waals surface area (Å²) in [5.41, 5.74) is 2.18. The van der Waals surface area contributed by atoms with Gasteiger partial charge in [-0.1, -0.05) is 0 Å². The topological polar surface area (TPSA) is 38.8 Å². The van der Waals surface area contributed by atoms with Crippen LogP contribution < -0.4 is 14.4 Å². The highest BCUT2D eigenvalue weighted by molar-refractivity contribution is 6.07. The van der Waals surface area contributed by atoms with E-state index in [9.17, 15) is 9.18 Å². The number of benzene rings is 2. The zero-order valence-electron chi connectivity index (χ0n) is 11.1. The molecule has 2 aromatic rings. The third kappa shape index (κ3) is 1.93. The Hall–Kier alpha value is -2.56. The molecule has 2 aliphatic heterocycles. The monoisotopic (exact) mass is 285 g/mol. The van der Waals surface area contributed by atoms with Crippen LogP contribution >= 0.6 is 0 Å². The van der Waals surface area contributed by atoms with E-state index in [4.69, 9.17) is 9.47 Å². The number of carbonyl (C=O) groups excluding carboxylic acids is 1. The minimum atomic E-state index is -0.272.